The molecule has 4 rings (SSSR count). The van der Waals surface area contributed by atoms with Crippen LogP contribution in [-0.4, -0.2) is 57.8 Å². The van der Waals surface area contributed by atoms with Crippen LogP contribution in [0.15, 0.2) is 107 Å². The molecule has 1 radical (unpaired) electrons. The minimum atomic E-state index is -4.27. The van der Waals surface area contributed by atoms with Crippen molar-refractivity contribution in [2.45, 2.75) is 23.6 Å². The Labute approximate surface area is 237 Å². The van der Waals surface area contributed by atoms with Crippen LogP contribution in [0.4, 0.5) is 0 Å². The molecule has 0 saturated carbocycles. The molecule has 0 aliphatic heterocycles. The van der Waals surface area contributed by atoms with Gasteiger partial charge in [-0.05, 0) is 73.5 Å². The Morgan fingerprint density at radius 1 is 0.487 bits per heavy atom. The number of aryl methyl sites for hydroxylation is 2. The summed E-state index contributed by atoms with van der Waals surface area (Å²) < 4.78 is 62.3. The van der Waals surface area contributed by atoms with Gasteiger partial charge in [0.25, 0.3) is 0 Å². The quantitative estimate of drug-likeness (QED) is 0.289. The van der Waals surface area contributed by atoms with E-state index >= 15 is 0 Å². The maximum atomic E-state index is 10.4. The summed E-state index contributed by atoms with van der Waals surface area (Å²) in [6, 6.07) is 19.5. The molecule has 0 unspecified atom stereocenters. The SMILES string of the molecule is Cc1ccc(S(=O)(=O)[O-])cc1.Cc1ccc(S(=O)(=O)[O-])cc1.O.O.O.O.[Co+2].c1cc(-c2ccncc2)ccn1. The maximum Gasteiger partial charge on any atom is 2.00 e. The van der Waals surface area contributed by atoms with Gasteiger partial charge in [-0.25, -0.2) is 16.8 Å². The largest absolute Gasteiger partial charge is 2.00 e. The van der Waals surface area contributed by atoms with Gasteiger partial charge >= 0.3 is 16.8 Å². The van der Waals surface area contributed by atoms with Crippen LogP contribution in [0.25, 0.3) is 11.1 Å². The first-order valence-corrected chi connectivity index (χ1v) is 12.6. The molecule has 2 aromatic heterocycles. The molecule has 217 valence electrons. The Hall–Kier alpha value is -3.09. The normalized spacial score (nSPS) is 9.44. The minimum Gasteiger partial charge on any atom is -0.744 e. The van der Waals surface area contributed by atoms with Crippen molar-refractivity contribution >= 4 is 20.2 Å². The number of hydrogen-bond donors (Lipinski definition) is 0. The molecule has 0 bridgehead atoms. The van der Waals surface area contributed by atoms with Gasteiger partial charge in [0, 0.05) is 24.8 Å². The van der Waals surface area contributed by atoms with Crippen LogP contribution >= 0.6 is 0 Å². The van der Waals surface area contributed by atoms with E-state index in [-0.39, 0.29) is 48.5 Å². The number of nitrogens with zero attached hydrogens (tertiary/aromatic N) is 2. The first-order valence-electron chi connectivity index (χ1n) is 9.82. The predicted molar refractivity (Wildman–Crippen MR) is 140 cm³/mol. The molecule has 0 spiro atoms. The molecular weight excluding hydrogens is 599 g/mol. The Morgan fingerprint density at radius 3 is 0.923 bits per heavy atom. The van der Waals surface area contributed by atoms with Crippen LogP contribution in [0.3, 0.4) is 0 Å². The molecule has 0 aliphatic rings. The van der Waals surface area contributed by atoms with Crippen LogP contribution in [0.1, 0.15) is 11.1 Å². The van der Waals surface area contributed by atoms with Crippen molar-refractivity contribution in [3.05, 3.63) is 109 Å². The maximum absolute atomic E-state index is 10.4. The first kappa shape index (κ1) is 43.0. The standard InChI is InChI=1S/C10H8N2.2C7H8O3S.Co.4H2O/c1-5-11-6-2-9(1)10-3-7-12-8-4-10;2*1-6-2-4-7(5-3-6)11(8,9)10;;;;;/h1-8H;2*2-5H,1H3,(H,8,9,10);;4*1H2/q;;;+2;;;;/p-2. The molecule has 2 aromatic carbocycles. The van der Waals surface area contributed by atoms with Crippen LogP contribution < -0.4 is 0 Å². The summed E-state index contributed by atoms with van der Waals surface area (Å²) in [5.74, 6) is 0. The molecule has 0 saturated heterocycles. The van der Waals surface area contributed by atoms with Gasteiger partial charge < -0.3 is 31.0 Å². The van der Waals surface area contributed by atoms with Crippen molar-refractivity contribution in [2.24, 2.45) is 0 Å². The average molecular weight is 630 g/mol. The van der Waals surface area contributed by atoms with Gasteiger partial charge in [0.1, 0.15) is 20.2 Å². The molecule has 8 N–H and O–H groups in total. The number of benzene rings is 2. The zero-order chi connectivity index (χ0) is 25.2. The van der Waals surface area contributed by atoms with Crippen LogP contribution in [0.5, 0.6) is 0 Å². The molecule has 2 heterocycles. The topological polar surface area (TPSA) is 266 Å². The van der Waals surface area contributed by atoms with Gasteiger partial charge in [0.05, 0.1) is 9.79 Å². The smallest absolute Gasteiger partial charge is 0.744 e. The van der Waals surface area contributed by atoms with Gasteiger partial charge in [-0.3, -0.25) is 9.97 Å². The predicted octanol–water partition coefficient (Wildman–Crippen LogP) is 0.641. The molecule has 4 aromatic rings. The summed E-state index contributed by atoms with van der Waals surface area (Å²) in [5, 5.41) is 0. The summed E-state index contributed by atoms with van der Waals surface area (Å²) in [5.41, 5.74) is 4.20. The summed E-state index contributed by atoms with van der Waals surface area (Å²) in [7, 11) is -8.54. The fraction of sp³-hybridized carbons (Fsp3) is 0.0833. The molecule has 15 heteroatoms. The second-order valence-corrected chi connectivity index (χ2v) is 9.77. The third-order valence-electron chi connectivity index (χ3n) is 4.31. The Morgan fingerprint density at radius 2 is 0.718 bits per heavy atom. The van der Waals surface area contributed by atoms with Crippen LogP contribution in [0.2, 0.25) is 0 Å². The van der Waals surface area contributed by atoms with Gasteiger partial charge in [-0.1, -0.05) is 35.4 Å². The van der Waals surface area contributed by atoms with Crippen LogP contribution in [0, 0.1) is 13.8 Å². The van der Waals surface area contributed by atoms with Crippen molar-refractivity contribution in [1.29, 1.82) is 0 Å². The van der Waals surface area contributed by atoms with E-state index in [0.29, 0.717) is 0 Å². The molecule has 0 amide bonds. The first-order chi connectivity index (χ1) is 16.0. The second-order valence-electron chi connectivity index (χ2n) is 7.01. The van der Waals surface area contributed by atoms with E-state index in [0.717, 1.165) is 11.1 Å². The van der Waals surface area contributed by atoms with Crippen molar-refractivity contribution in [2.75, 3.05) is 0 Å². The summed E-state index contributed by atoms with van der Waals surface area (Å²) in [4.78, 5) is 7.56. The van der Waals surface area contributed by atoms with Crippen molar-refractivity contribution in [1.82, 2.24) is 9.97 Å². The van der Waals surface area contributed by atoms with E-state index in [1.165, 1.54) is 35.4 Å². The zero-order valence-corrected chi connectivity index (χ0v) is 23.4. The molecule has 0 aliphatic carbocycles. The van der Waals surface area contributed by atoms with E-state index in [1.54, 1.807) is 49.1 Å². The summed E-state index contributed by atoms with van der Waals surface area (Å²) in [6.45, 7) is 3.64. The van der Waals surface area contributed by atoms with Gasteiger partial charge in [0.15, 0.2) is 0 Å². The van der Waals surface area contributed by atoms with E-state index in [9.17, 15) is 25.9 Å². The fourth-order valence-electron chi connectivity index (χ4n) is 2.50. The number of rotatable bonds is 3. The van der Waals surface area contributed by atoms with Gasteiger partial charge in [0.2, 0.25) is 0 Å². The van der Waals surface area contributed by atoms with E-state index in [2.05, 4.69) is 9.97 Å². The van der Waals surface area contributed by atoms with E-state index in [4.69, 9.17) is 0 Å². The van der Waals surface area contributed by atoms with Gasteiger partial charge in [-0.2, -0.15) is 0 Å². The number of aromatic nitrogens is 2. The summed E-state index contributed by atoms with van der Waals surface area (Å²) in [6.07, 6.45) is 7.15. The van der Waals surface area contributed by atoms with E-state index < -0.39 is 20.2 Å². The molecule has 0 fully saturated rings. The van der Waals surface area contributed by atoms with Crippen LogP contribution in [-0.2, 0) is 37.0 Å². The summed E-state index contributed by atoms with van der Waals surface area (Å²) >= 11 is 0. The third kappa shape index (κ3) is 15.8. The fourth-order valence-corrected chi connectivity index (χ4v) is 3.44. The van der Waals surface area contributed by atoms with Crippen molar-refractivity contribution in [3.63, 3.8) is 0 Å². The average Bonchev–Trinajstić information content (AvgIpc) is 2.80. The van der Waals surface area contributed by atoms with Crippen molar-refractivity contribution < 1.29 is 64.6 Å². The Balaban J connectivity index is -0.000000222. The van der Waals surface area contributed by atoms with E-state index in [1.807, 2.05) is 38.1 Å². The Bertz CT molecular complexity index is 1280. The molecule has 0 atom stereocenters. The molecular formula is C24H30CoN2O10S2. The third-order valence-corrected chi connectivity index (χ3v) is 6.01. The molecule has 12 nitrogen and oxygen atoms in total. The number of pyridine rings is 2. The van der Waals surface area contributed by atoms with Crippen molar-refractivity contribution in [3.8, 4) is 11.1 Å². The second kappa shape index (κ2) is 19.9. The monoisotopic (exact) mass is 629 g/mol. The Kier molecular flexibility index (Phi) is 21.9. The minimum absolute atomic E-state index is 0. The molecule has 39 heavy (non-hydrogen) atoms. The number of hydrogen-bond acceptors (Lipinski definition) is 8. The van der Waals surface area contributed by atoms with Gasteiger partial charge in [-0.15, -0.1) is 0 Å². The zero-order valence-electron chi connectivity index (χ0n) is 20.7.